The maximum absolute atomic E-state index is 13.8. The van der Waals surface area contributed by atoms with Crippen LogP contribution in [0.2, 0.25) is 0 Å². The highest BCUT2D eigenvalue weighted by atomic mass is 79.9. The summed E-state index contributed by atoms with van der Waals surface area (Å²) in [5.41, 5.74) is 1.11. The van der Waals surface area contributed by atoms with Gasteiger partial charge in [-0.05, 0) is 42.0 Å². The summed E-state index contributed by atoms with van der Waals surface area (Å²) >= 11 is 3.28. The molecule has 1 N–H and O–H groups in total. The summed E-state index contributed by atoms with van der Waals surface area (Å²) in [6, 6.07) is 10.8. The van der Waals surface area contributed by atoms with Crippen LogP contribution in [0.15, 0.2) is 53.0 Å². The number of rotatable bonds is 6. The SMILES string of the molecule is O=C(/C=C/c1cc(Br)ccc1F)NCC(c1cccc(F)c1)N1CCOCC1. The summed E-state index contributed by atoms with van der Waals surface area (Å²) in [5, 5.41) is 2.84. The molecule has 0 radical (unpaired) electrons. The van der Waals surface area contributed by atoms with Gasteiger partial charge >= 0.3 is 0 Å². The van der Waals surface area contributed by atoms with Crippen molar-refractivity contribution in [2.75, 3.05) is 32.8 Å². The largest absolute Gasteiger partial charge is 0.379 e. The van der Waals surface area contributed by atoms with Crippen molar-refractivity contribution in [3.05, 3.63) is 75.8 Å². The van der Waals surface area contributed by atoms with Gasteiger partial charge in [0.25, 0.3) is 0 Å². The Labute approximate surface area is 171 Å². The van der Waals surface area contributed by atoms with Crippen molar-refractivity contribution >= 4 is 27.9 Å². The molecule has 7 heteroatoms. The van der Waals surface area contributed by atoms with Gasteiger partial charge in [-0.1, -0.05) is 28.1 Å². The standard InChI is InChI=1S/C21H21BrF2N2O2/c22-17-5-6-19(24)15(12-17)4-7-21(27)25-14-20(26-8-10-28-11-9-26)16-2-1-3-18(23)13-16/h1-7,12-13,20H,8-11,14H2,(H,25,27)/b7-4+. The smallest absolute Gasteiger partial charge is 0.244 e. The molecule has 1 aliphatic rings. The predicted molar refractivity (Wildman–Crippen MR) is 108 cm³/mol. The Balaban J connectivity index is 1.68. The van der Waals surface area contributed by atoms with Crippen molar-refractivity contribution in [3.63, 3.8) is 0 Å². The number of ether oxygens (including phenoxy) is 1. The number of hydrogen-bond donors (Lipinski definition) is 1. The van der Waals surface area contributed by atoms with Crippen molar-refractivity contribution in [2.24, 2.45) is 0 Å². The van der Waals surface area contributed by atoms with E-state index in [9.17, 15) is 13.6 Å². The van der Waals surface area contributed by atoms with Gasteiger partial charge in [0.2, 0.25) is 5.91 Å². The van der Waals surface area contributed by atoms with E-state index in [0.717, 1.165) is 10.0 Å². The van der Waals surface area contributed by atoms with Gasteiger partial charge in [0, 0.05) is 35.7 Å². The summed E-state index contributed by atoms with van der Waals surface area (Å²) in [6.07, 6.45) is 2.73. The molecule has 1 aliphatic heterocycles. The van der Waals surface area contributed by atoms with E-state index in [0.29, 0.717) is 38.4 Å². The Morgan fingerprint density at radius 1 is 1.21 bits per heavy atom. The Bertz CT molecular complexity index is 854. The third kappa shape index (κ3) is 5.70. The molecule has 4 nitrogen and oxygen atoms in total. The van der Waals surface area contributed by atoms with E-state index in [1.807, 2.05) is 6.07 Å². The van der Waals surface area contributed by atoms with Gasteiger partial charge in [0.15, 0.2) is 0 Å². The molecule has 1 atom stereocenters. The molecule has 0 aromatic heterocycles. The Morgan fingerprint density at radius 3 is 2.75 bits per heavy atom. The second kappa shape index (κ2) is 9.91. The van der Waals surface area contributed by atoms with Gasteiger partial charge in [-0.15, -0.1) is 0 Å². The van der Waals surface area contributed by atoms with Crippen molar-refractivity contribution in [1.29, 1.82) is 0 Å². The number of hydrogen-bond acceptors (Lipinski definition) is 3. The van der Waals surface area contributed by atoms with Crippen LogP contribution in [0.4, 0.5) is 8.78 Å². The lowest BCUT2D eigenvalue weighted by Gasteiger charge is -2.34. The summed E-state index contributed by atoms with van der Waals surface area (Å²) < 4.78 is 33.6. The zero-order valence-corrected chi connectivity index (χ0v) is 16.8. The lowest BCUT2D eigenvalue weighted by molar-refractivity contribution is -0.116. The van der Waals surface area contributed by atoms with Crippen LogP contribution < -0.4 is 5.32 Å². The minimum absolute atomic E-state index is 0.167. The number of nitrogens with one attached hydrogen (secondary N) is 1. The second-order valence-electron chi connectivity index (χ2n) is 6.46. The normalized spacial score (nSPS) is 16.2. The first-order valence-corrected chi connectivity index (χ1v) is 9.80. The maximum Gasteiger partial charge on any atom is 0.244 e. The van der Waals surface area contributed by atoms with Crippen LogP contribution in [-0.4, -0.2) is 43.7 Å². The third-order valence-electron chi connectivity index (χ3n) is 4.56. The van der Waals surface area contributed by atoms with E-state index in [1.165, 1.54) is 30.4 Å². The number of amides is 1. The molecular weight excluding hydrogens is 430 g/mol. The zero-order valence-electron chi connectivity index (χ0n) is 15.2. The van der Waals surface area contributed by atoms with Crippen molar-refractivity contribution < 1.29 is 18.3 Å². The lowest BCUT2D eigenvalue weighted by atomic mass is 10.0. The van der Waals surface area contributed by atoms with Crippen LogP contribution >= 0.6 is 15.9 Å². The molecule has 3 rings (SSSR count). The number of benzene rings is 2. The van der Waals surface area contributed by atoms with Crippen LogP contribution in [0.1, 0.15) is 17.2 Å². The maximum atomic E-state index is 13.8. The summed E-state index contributed by atoms with van der Waals surface area (Å²) in [6.45, 7) is 2.92. The average molecular weight is 451 g/mol. The van der Waals surface area contributed by atoms with Gasteiger partial charge in [-0.25, -0.2) is 8.78 Å². The molecule has 0 spiro atoms. The minimum Gasteiger partial charge on any atom is -0.379 e. The fourth-order valence-electron chi connectivity index (χ4n) is 3.12. The van der Waals surface area contributed by atoms with E-state index in [4.69, 9.17) is 4.74 Å². The molecule has 1 unspecified atom stereocenters. The quantitative estimate of drug-likeness (QED) is 0.677. The topological polar surface area (TPSA) is 41.6 Å². The predicted octanol–water partition coefficient (Wildman–Crippen LogP) is 3.93. The van der Waals surface area contributed by atoms with E-state index in [1.54, 1.807) is 18.2 Å². The first kappa shape index (κ1) is 20.6. The van der Waals surface area contributed by atoms with Crippen molar-refractivity contribution in [2.45, 2.75) is 6.04 Å². The molecule has 0 saturated carbocycles. The molecular formula is C21H21BrF2N2O2. The van der Waals surface area contributed by atoms with Gasteiger partial charge in [-0.2, -0.15) is 0 Å². The van der Waals surface area contributed by atoms with Crippen LogP contribution in [0.5, 0.6) is 0 Å². The van der Waals surface area contributed by atoms with Gasteiger partial charge < -0.3 is 10.1 Å². The average Bonchev–Trinajstić information content (AvgIpc) is 2.70. The van der Waals surface area contributed by atoms with Gasteiger partial charge in [0.1, 0.15) is 11.6 Å². The van der Waals surface area contributed by atoms with Crippen LogP contribution in [0, 0.1) is 11.6 Å². The van der Waals surface area contributed by atoms with E-state index in [-0.39, 0.29) is 17.8 Å². The first-order chi connectivity index (χ1) is 13.5. The molecule has 2 aromatic carbocycles. The van der Waals surface area contributed by atoms with E-state index < -0.39 is 5.82 Å². The summed E-state index contributed by atoms with van der Waals surface area (Å²) in [4.78, 5) is 14.4. The number of carbonyl (C=O) groups excluding carboxylic acids is 1. The number of morpholine rings is 1. The molecule has 1 amide bonds. The van der Waals surface area contributed by atoms with E-state index in [2.05, 4.69) is 26.1 Å². The van der Waals surface area contributed by atoms with Crippen LogP contribution in [0.25, 0.3) is 6.08 Å². The highest BCUT2D eigenvalue weighted by Crippen LogP contribution is 2.22. The summed E-state index contributed by atoms with van der Waals surface area (Å²) in [5.74, 6) is -1.06. The molecule has 1 heterocycles. The molecule has 1 saturated heterocycles. The second-order valence-corrected chi connectivity index (χ2v) is 7.38. The van der Waals surface area contributed by atoms with Crippen LogP contribution in [-0.2, 0) is 9.53 Å². The molecule has 2 aromatic rings. The molecule has 148 valence electrons. The summed E-state index contributed by atoms with van der Waals surface area (Å²) in [7, 11) is 0. The number of halogens is 3. The van der Waals surface area contributed by atoms with Gasteiger partial charge in [-0.3, -0.25) is 9.69 Å². The molecule has 0 bridgehead atoms. The highest BCUT2D eigenvalue weighted by molar-refractivity contribution is 9.10. The third-order valence-corrected chi connectivity index (χ3v) is 5.06. The fourth-order valence-corrected chi connectivity index (χ4v) is 3.50. The lowest BCUT2D eigenvalue weighted by Crippen LogP contribution is -2.43. The van der Waals surface area contributed by atoms with E-state index >= 15 is 0 Å². The Hall–Kier alpha value is -2.09. The van der Waals surface area contributed by atoms with Crippen molar-refractivity contribution in [3.8, 4) is 0 Å². The van der Waals surface area contributed by atoms with Crippen molar-refractivity contribution in [1.82, 2.24) is 10.2 Å². The zero-order chi connectivity index (χ0) is 19.9. The van der Waals surface area contributed by atoms with Gasteiger partial charge in [0.05, 0.1) is 19.3 Å². The first-order valence-electron chi connectivity index (χ1n) is 9.01. The number of nitrogens with zero attached hydrogens (tertiary/aromatic N) is 1. The van der Waals surface area contributed by atoms with Crippen LogP contribution in [0.3, 0.4) is 0 Å². The monoisotopic (exact) mass is 450 g/mol. The highest BCUT2D eigenvalue weighted by Gasteiger charge is 2.23. The molecule has 28 heavy (non-hydrogen) atoms. The Kier molecular flexibility index (Phi) is 7.30. The Morgan fingerprint density at radius 2 is 2.00 bits per heavy atom. The number of carbonyl (C=O) groups is 1. The molecule has 1 fully saturated rings. The molecule has 0 aliphatic carbocycles. The fraction of sp³-hybridized carbons (Fsp3) is 0.286. The minimum atomic E-state index is -0.404.